The largest absolute Gasteiger partial charge is 0.411 e. The second-order valence-electron chi connectivity index (χ2n) is 4.70. The van der Waals surface area contributed by atoms with E-state index < -0.39 is 0 Å². The summed E-state index contributed by atoms with van der Waals surface area (Å²) in [5.74, 6) is 0.249. The molecule has 2 atom stereocenters. The van der Waals surface area contributed by atoms with Crippen LogP contribution in [0, 0.1) is 5.92 Å². The van der Waals surface area contributed by atoms with Crippen molar-refractivity contribution in [2.75, 3.05) is 19.7 Å². The number of amides is 1. The van der Waals surface area contributed by atoms with Gasteiger partial charge in [0.1, 0.15) is 0 Å². The zero-order valence-corrected chi connectivity index (χ0v) is 10.3. The minimum atomic E-state index is 0.0348. The van der Waals surface area contributed by atoms with Gasteiger partial charge in [-0.1, -0.05) is 12.1 Å². The van der Waals surface area contributed by atoms with E-state index in [1.165, 1.54) is 0 Å². The Balaban J connectivity index is 1.92. The Morgan fingerprint density at radius 3 is 2.82 bits per heavy atom. The maximum Gasteiger partial charge on any atom is 0.228 e. The van der Waals surface area contributed by atoms with Gasteiger partial charge in [-0.2, -0.15) is 0 Å². The van der Waals surface area contributed by atoms with Gasteiger partial charge in [-0.15, -0.1) is 0 Å². The summed E-state index contributed by atoms with van der Waals surface area (Å²) in [7, 11) is 0. The molecule has 2 aliphatic rings. The molecular formula is C12H20N2O3. The Morgan fingerprint density at radius 2 is 2.24 bits per heavy atom. The Labute approximate surface area is 101 Å². The van der Waals surface area contributed by atoms with Gasteiger partial charge in [0.05, 0.1) is 17.7 Å². The molecular weight excluding hydrogens is 220 g/mol. The fraction of sp³-hybridized carbons (Fsp3) is 0.833. The molecule has 2 aliphatic heterocycles. The number of ether oxygens (including phenoxy) is 1. The molecule has 2 heterocycles. The van der Waals surface area contributed by atoms with Crippen LogP contribution >= 0.6 is 0 Å². The predicted molar refractivity (Wildman–Crippen MR) is 63.2 cm³/mol. The molecule has 2 unspecified atom stereocenters. The Hall–Kier alpha value is -1.10. The lowest BCUT2D eigenvalue weighted by molar-refractivity contribution is -0.137. The van der Waals surface area contributed by atoms with Crippen LogP contribution in [-0.4, -0.2) is 47.5 Å². The summed E-state index contributed by atoms with van der Waals surface area (Å²) in [5.41, 5.74) is 0.795. The topological polar surface area (TPSA) is 62.1 Å². The first-order chi connectivity index (χ1) is 8.26. The minimum absolute atomic E-state index is 0.0348. The zero-order chi connectivity index (χ0) is 12.3. The van der Waals surface area contributed by atoms with Crippen LogP contribution in [0.4, 0.5) is 0 Å². The lowest BCUT2D eigenvalue weighted by Crippen LogP contribution is -2.43. The molecule has 1 N–H and O–H groups in total. The van der Waals surface area contributed by atoms with Gasteiger partial charge < -0.3 is 14.8 Å². The van der Waals surface area contributed by atoms with E-state index in [1.807, 2.05) is 4.90 Å². The van der Waals surface area contributed by atoms with E-state index in [0.717, 1.165) is 18.6 Å². The first kappa shape index (κ1) is 12.4. The summed E-state index contributed by atoms with van der Waals surface area (Å²) in [6, 6.07) is 0. The van der Waals surface area contributed by atoms with Crippen molar-refractivity contribution >= 4 is 11.6 Å². The average molecular weight is 240 g/mol. The Bertz CT molecular complexity index is 307. The molecule has 0 radical (unpaired) electrons. The maximum absolute atomic E-state index is 12.3. The summed E-state index contributed by atoms with van der Waals surface area (Å²) in [6.07, 6.45) is 3.21. The SMILES string of the molecule is CCC1OCCC1C(=O)N1CCC(=NO)CC1. The quantitative estimate of drug-likeness (QED) is 0.583. The summed E-state index contributed by atoms with van der Waals surface area (Å²) >= 11 is 0. The molecule has 5 heteroatoms. The third-order valence-corrected chi connectivity index (χ3v) is 3.72. The van der Waals surface area contributed by atoms with Crippen LogP contribution < -0.4 is 0 Å². The van der Waals surface area contributed by atoms with Gasteiger partial charge in [-0.3, -0.25) is 4.79 Å². The molecule has 96 valence electrons. The molecule has 0 spiro atoms. The van der Waals surface area contributed by atoms with Crippen molar-refractivity contribution in [2.45, 2.75) is 38.7 Å². The molecule has 0 bridgehead atoms. The van der Waals surface area contributed by atoms with Crippen molar-refractivity contribution in [2.24, 2.45) is 11.1 Å². The van der Waals surface area contributed by atoms with E-state index in [-0.39, 0.29) is 17.9 Å². The van der Waals surface area contributed by atoms with Crippen LogP contribution in [0.3, 0.4) is 0 Å². The normalized spacial score (nSPS) is 29.5. The van der Waals surface area contributed by atoms with Crippen molar-refractivity contribution in [3.8, 4) is 0 Å². The van der Waals surface area contributed by atoms with Crippen molar-refractivity contribution in [1.29, 1.82) is 0 Å². The minimum Gasteiger partial charge on any atom is -0.411 e. The van der Waals surface area contributed by atoms with E-state index in [2.05, 4.69) is 12.1 Å². The smallest absolute Gasteiger partial charge is 0.228 e. The van der Waals surface area contributed by atoms with Gasteiger partial charge in [-0.05, 0) is 12.8 Å². The van der Waals surface area contributed by atoms with Crippen molar-refractivity contribution in [3.05, 3.63) is 0 Å². The highest BCUT2D eigenvalue weighted by atomic mass is 16.5. The predicted octanol–water partition coefficient (Wildman–Crippen LogP) is 1.25. The lowest BCUT2D eigenvalue weighted by Gasteiger charge is -2.30. The second kappa shape index (κ2) is 5.49. The first-order valence-corrected chi connectivity index (χ1v) is 6.36. The number of likely N-dealkylation sites (tertiary alicyclic amines) is 1. The lowest BCUT2D eigenvalue weighted by atomic mass is 9.96. The van der Waals surface area contributed by atoms with Crippen molar-refractivity contribution < 1.29 is 14.7 Å². The zero-order valence-electron chi connectivity index (χ0n) is 10.3. The van der Waals surface area contributed by atoms with Crippen LogP contribution in [0.25, 0.3) is 0 Å². The van der Waals surface area contributed by atoms with Gasteiger partial charge >= 0.3 is 0 Å². The van der Waals surface area contributed by atoms with E-state index in [0.29, 0.717) is 32.5 Å². The first-order valence-electron chi connectivity index (χ1n) is 6.36. The molecule has 0 aromatic carbocycles. The van der Waals surface area contributed by atoms with Crippen LogP contribution in [0.1, 0.15) is 32.6 Å². The van der Waals surface area contributed by atoms with Crippen LogP contribution in [-0.2, 0) is 9.53 Å². The average Bonchev–Trinajstić information content (AvgIpc) is 2.86. The van der Waals surface area contributed by atoms with Gasteiger partial charge in [0.2, 0.25) is 5.91 Å². The molecule has 2 fully saturated rings. The van der Waals surface area contributed by atoms with Gasteiger partial charge in [0.25, 0.3) is 0 Å². The number of rotatable bonds is 2. The number of piperidine rings is 1. The molecule has 5 nitrogen and oxygen atoms in total. The fourth-order valence-corrected chi connectivity index (χ4v) is 2.65. The molecule has 0 aromatic rings. The standard InChI is InChI=1S/C12H20N2O3/c1-2-11-10(5-8-17-11)12(15)14-6-3-9(13-16)4-7-14/h10-11,16H,2-8H2,1H3. The number of oxime groups is 1. The molecule has 0 saturated carbocycles. The number of carbonyl (C=O) groups excluding carboxylic acids is 1. The molecule has 0 aromatic heterocycles. The molecule has 2 saturated heterocycles. The van der Waals surface area contributed by atoms with Gasteiger partial charge in [0.15, 0.2) is 0 Å². The van der Waals surface area contributed by atoms with Crippen LogP contribution in [0.5, 0.6) is 0 Å². The van der Waals surface area contributed by atoms with Crippen LogP contribution in [0.15, 0.2) is 5.16 Å². The number of carbonyl (C=O) groups is 1. The summed E-state index contributed by atoms with van der Waals surface area (Å²) in [5, 5.41) is 11.9. The van der Waals surface area contributed by atoms with E-state index >= 15 is 0 Å². The maximum atomic E-state index is 12.3. The Morgan fingerprint density at radius 1 is 1.53 bits per heavy atom. The number of hydrogen-bond acceptors (Lipinski definition) is 4. The second-order valence-corrected chi connectivity index (χ2v) is 4.70. The van der Waals surface area contributed by atoms with Crippen molar-refractivity contribution in [1.82, 2.24) is 4.90 Å². The van der Waals surface area contributed by atoms with E-state index in [9.17, 15) is 4.79 Å². The highest BCUT2D eigenvalue weighted by Gasteiger charge is 2.36. The summed E-state index contributed by atoms with van der Waals surface area (Å²) in [4.78, 5) is 14.2. The third-order valence-electron chi connectivity index (χ3n) is 3.72. The molecule has 2 rings (SSSR count). The van der Waals surface area contributed by atoms with E-state index in [1.54, 1.807) is 0 Å². The Kier molecular flexibility index (Phi) is 3.99. The van der Waals surface area contributed by atoms with Crippen molar-refractivity contribution in [3.63, 3.8) is 0 Å². The van der Waals surface area contributed by atoms with E-state index in [4.69, 9.17) is 9.94 Å². The summed E-state index contributed by atoms with van der Waals surface area (Å²) in [6.45, 7) is 4.10. The highest BCUT2D eigenvalue weighted by molar-refractivity contribution is 5.87. The van der Waals surface area contributed by atoms with Gasteiger partial charge in [0, 0.05) is 32.5 Å². The number of hydrogen-bond donors (Lipinski definition) is 1. The highest BCUT2D eigenvalue weighted by Crippen LogP contribution is 2.26. The third kappa shape index (κ3) is 2.60. The molecule has 0 aliphatic carbocycles. The molecule has 1 amide bonds. The molecule has 17 heavy (non-hydrogen) atoms. The fourth-order valence-electron chi connectivity index (χ4n) is 2.65. The monoisotopic (exact) mass is 240 g/mol. The number of nitrogens with zero attached hydrogens (tertiary/aromatic N) is 2. The van der Waals surface area contributed by atoms with Gasteiger partial charge in [-0.25, -0.2) is 0 Å². The summed E-state index contributed by atoms with van der Waals surface area (Å²) < 4.78 is 5.56. The van der Waals surface area contributed by atoms with Crippen LogP contribution in [0.2, 0.25) is 0 Å².